The van der Waals surface area contributed by atoms with Gasteiger partial charge in [-0.2, -0.15) is 0 Å². The van der Waals surface area contributed by atoms with Gasteiger partial charge in [-0.1, -0.05) is 12.1 Å². The standard InChI is InChI=1S/C16H14FN/c1-11-3-5-14(17)10-15(11)12-4-6-16-13(9-12)7-8-18(16)2/h3-10H,1-2H3. The zero-order valence-corrected chi connectivity index (χ0v) is 10.4. The first-order valence-electron chi connectivity index (χ1n) is 5.97. The first-order chi connectivity index (χ1) is 8.65. The highest BCUT2D eigenvalue weighted by Crippen LogP contribution is 2.27. The molecule has 0 saturated heterocycles. The number of aromatic nitrogens is 1. The second kappa shape index (κ2) is 3.98. The monoisotopic (exact) mass is 239 g/mol. The highest BCUT2D eigenvalue weighted by molar-refractivity contribution is 5.86. The summed E-state index contributed by atoms with van der Waals surface area (Å²) in [4.78, 5) is 0. The van der Waals surface area contributed by atoms with Crippen LogP contribution in [0.4, 0.5) is 4.39 Å². The Labute approximate surface area is 105 Å². The van der Waals surface area contributed by atoms with Crippen LogP contribution in [0.3, 0.4) is 0 Å². The Morgan fingerprint density at radius 1 is 1.00 bits per heavy atom. The molecular formula is C16H14FN. The van der Waals surface area contributed by atoms with E-state index in [9.17, 15) is 4.39 Å². The van der Waals surface area contributed by atoms with Crippen molar-refractivity contribution in [2.75, 3.05) is 0 Å². The predicted octanol–water partition coefficient (Wildman–Crippen LogP) is 4.29. The average molecular weight is 239 g/mol. The number of halogens is 1. The van der Waals surface area contributed by atoms with Gasteiger partial charge in [-0.05, 0) is 53.9 Å². The molecule has 18 heavy (non-hydrogen) atoms. The van der Waals surface area contributed by atoms with Gasteiger partial charge in [0.2, 0.25) is 0 Å². The number of hydrogen-bond acceptors (Lipinski definition) is 0. The van der Waals surface area contributed by atoms with E-state index in [1.54, 1.807) is 6.07 Å². The van der Waals surface area contributed by atoms with Gasteiger partial charge in [-0.3, -0.25) is 0 Å². The number of hydrogen-bond donors (Lipinski definition) is 0. The number of nitrogens with zero attached hydrogens (tertiary/aromatic N) is 1. The van der Waals surface area contributed by atoms with Crippen molar-refractivity contribution in [1.82, 2.24) is 4.57 Å². The summed E-state index contributed by atoms with van der Waals surface area (Å²) in [6.07, 6.45) is 2.03. The van der Waals surface area contributed by atoms with E-state index in [-0.39, 0.29) is 5.82 Å². The van der Waals surface area contributed by atoms with Crippen LogP contribution in [0, 0.1) is 12.7 Å². The minimum absolute atomic E-state index is 0.191. The molecule has 2 aromatic carbocycles. The predicted molar refractivity (Wildman–Crippen MR) is 73.1 cm³/mol. The lowest BCUT2D eigenvalue weighted by atomic mass is 9.99. The van der Waals surface area contributed by atoms with Crippen molar-refractivity contribution < 1.29 is 4.39 Å². The van der Waals surface area contributed by atoms with Crippen LogP contribution in [0.1, 0.15) is 5.56 Å². The molecule has 0 unspecified atom stereocenters. The largest absolute Gasteiger partial charge is 0.351 e. The molecule has 3 aromatic rings. The van der Waals surface area contributed by atoms with E-state index in [1.807, 2.05) is 32.3 Å². The Morgan fingerprint density at radius 3 is 2.67 bits per heavy atom. The molecule has 2 heteroatoms. The van der Waals surface area contributed by atoms with Crippen LogP contribution in [-0.4, -0.2) is 4.57 Å². The van der Waals surface area contributed by atoms with E-state index in [1.165, 1.54) is 17.0 Å². The Kier molecular flexibility index (Phi) is 2.44. The summed E-state index contributed by atoms with van der Waals surface area (Å²) in [5.74, 6) is -0.191. The maximum Gasteiger partial charge on any atom is 0.123 e. The van der Waals surface area contributed by atoms with Crippen molar-refractivity contribution in [2.45, 2.75) is 6.92 Å². The molecule has 0 amide bonds. The maximum atomic E-state index is 13.3. The van der Waals surface area contributed by atoms with Crippen LogP contribution in [0.2, 0.25) is 0 Å². The molecule has 0 saturated carbocycles. The summed E-state index contributed by atoms with van der Waals surface area (Å²) in [6.45, 7) is 2.00. The third-order valence-corrected chi connectivity index (χ3v) is 3.40. The molecule has 0 spiro atoms. The fourth-order valence-corrected chi connectivity index (χ4v) is 2.35. The Balaban J connectivity index is 2.22. The van der Waals surface area contributed by atoms with Gasteiger partial charge < -0.3 is 4.57 Å². The normalized spacial score (nSPS) is 11.1. The topological polar surface area (TPSA) is 4.93 Å². The zero-order chi connectivity index (χ0) is 12.7. The molecule has 0 radical (unpaired) electrons. The first-order valence-corrected chi connectivity index (χ1v) is 5.97. The van der Waals surface area contributed by atoms with Gasteiger partial charge in [0, 0.05) is 24.1 Å². The molecule has 0 N–H and O–H groups in total. The number of benzene rings is 2. The Hall–Kier alpha value is -2.09. The van der Waals surface area contributed by atoms with Gasteiger partial charge in [0.15, 0.2) is 0 Å². The van der Waals surface area contributed by atoms with Gasteiger partial charge in [0.1, 0.15) is 5.82 Å². The summed E-state index contributed by atoms with van der Waals surface area (Å²) >= 11 is 0. The highest BCUT2D eigenvalue weighted by atomic mass is 19.1. The number of aryl methyl sites for hydroxylation is 2. The van der Waals surface area contributed by atoms with Crippen LogP contribution in [0.25, 0.3) is 22.0 Å². The van der Waals surface area contributed by atoms with Crippen molar-refractivity contribution >= 4 is 10.9 Å². The van der Waals surface area contributed by atoms with E-state index in [4.69, 9.17) is 0 Å². The lowest BCUT2D eigenvalue weighted by molar-refractivity contribution is 0.628. The minimum Gasteiger partial charge on any atom is -0.351 e. The minimum atomic E-state index is -0.191. The quantitative estimate of drug-likeness (QED) is 0.597. The third kappa shape index (κ3) is 1.70. The van der Waals surface area contributed by atoms with Crippen LogP contribution in [-0.2, 0) is 7.05 Å². The molecule has 1 nitrogen and oxygen atoms in total. The molecule has 1 aromatic heterocycles. The molecule has 0 aliphatic rings. The smallest absolute Gasteiger partial charge is 0.123 e. The summed E-state index contributed by atoms with van der Waals surface area (Å²) in [6, 6.07) is 13.2. The molecule has 0 fully saturated rings. The molecule has 0 aliphatic heterocycles. The van der Waals surface area contributed by atoms with Crippen LogP contribution < -0.4 is 0 Å². The van der Waals surface area contributed by atoms with Gasteiger partial charge in [-0.15, -0.1) is 0 Å². The van der Waals surface area contributed by atoms with E-state index in [2.05, 4.69) is 22.8 Å². The van der Waals surface area contributed by atoms with E-state index < -0.39 is 0 Å². The Morgan fingerprint density at radius 2 is 1.83 bits per heavy atom. The molecule has 0 bridgehead atoms. The SMILES string of the molecule is Cc1ccc(F)cc1-c1ccc2c(ccn2C)c1. The van der Waals surface area contributed by atoms with Gasteiger partial charge in [0.05, 0.1) is 0 Å². The molecule has 90 valence electrons. The molecule has 3 rings (SSSR count). The lowest BCUT2D eigenvalue weighted by Crippen LogP contribution is -1.87. The second-order valence-corrected chi connectivity index (χ2v) is 4.66. The highest BCUT2D eigenvalue weighted by Gasteiger charge is 2.05. The van der Waals surface area contributed by atoms with Crippen LogP contribution >= 0.6 is 0 Å². The summed E-state index contributed by atoms with van der Waals surface area (Å²) < 4.78 is 15.4. The fraction of sp³-hybridized carbons (Fsp3) is 0.125. The van der Waals surface area contributed by atoms with Crippen molar-refractivity contribution in [3.8, 4) is 11.1 Å². The zero-order valence-electron chi connectivity index (χ0n) is 10.4. The number of rotatable bonds is 1. The Bertz CT molecular complexity index is 725. The summed E-state index contributed by atoms with van der Waals surface area (Å²) in [5, 5.41) is 1.18. The molecule has 1 heterocycles. The van der Waals surface area contributed by atoms with Crippen LogP contribution in [0.15, 0.2) is 48.7 Å². The third-order valence-electron chi connectivity index (χ3n) is 3.40. The molecule has 0 atom stereocenters. The average Bonchev–Trinajstić information content (AvgIpc) is 2.74. The van der Waals surface area contributed by atoms with Gasteiger partial charge in [-0.25, -0.2) is 4.39 Å². The van der Waals surface area contributed by atoms with Crippen molar-refractivity contribution in [3.05, 3.63) is 60.0 Å². The fourth-order valence-electron chi connectivity index (χ4n) is 2.35. The summed E-state index contributed by atoms with van der Waals surface area (Å²) in [5.41, 5.74) is 4.30. The van der Waals surface area contributed by atoms with E-state index in [0.717, 1.165) is 16.7 Å². The molecular weight excluding hydrogens is 225 g/mol. The van der Waals surface area contributed by atoms with E-state index >= 15 is 0 Å². The number of fused-ring (bicyclic) bond motifs is 1. The van der Waals surface area contributed by atoms with Crippen molar-refractivity contribution in [1.29, 1.82) is 0 Å². The van der Waals surface area contributed by atoms with Crippen molar-refractivity contribution in [3.63, 3.8) is 0 Å². The van der Waals surface area contributed by atoms with Crippen molar-refractivity contribution in [2.24, 2.45) is 7.05 Å². The lowest BCUT2D eigenvalue weighted by Gasteiger charge is -2.07. The first kappa shape index (κ1) is 11.0. The maximum absolute atomic E-state index is 13.3. The van der Waals surface area contributed by atoms with Gasteiger partial charge >= 0.3 is 0 Å². The second-order valence-electron chi connectivity index (χ2n) is 4.66. The molecule has 0 aliphatic carbocycles. The van der Waals surface area contributed by atoms with Crippen LogP contribution in [0.5, 0.6) is 0 Å². The van der Waals surface area contributed by atoms with E-state index in [0.29, 0.717) is 0 Å². The summed E-state index contributed by atoms with van der Waals surface area (Å²) in [7, 11) is 2.02. The van der Waals surface area contributed by atoms with Gasteiger partial charge in [0.25, 0.3) is 0 Å².